The van der Waals surface area contributed by atoms with Crippen molar-refractivity contribution >= 4 is 23.0 Å². The maximum absolute atomic E-state index is 12.8. The zero-order valence-corrected chi connectivity index (χ0v) is 16.8. The van der Waals surface area contributed by atoms with E-state index in [0.717, 1.165) is 19.5 Å². The van der Waals surface area contributed by atoms with Crippen molar-refractivity contribution in [1.29, 1.82) is 0 Å². The summed E-state index contributed by atoms with van der Waals surface area (Å²) in [5.74, 6) is -0.209. The second-order valence-corrected chi connectivity index (χ2v) is 7.37. The molecule has 0 bridgehead atoms. The van der Waals surface area contributed by atoms with E-state index in [9.17, 15) is 9.59 Å². The summed E-state index contributed by atoms with van der Waals surface area (Å²) >= 11 is 0. The molecule has 3 aromatic carbocycles. The number of carbonyl (C=O) groups is 2. The van der Waals surface area contributed by atoms with Crippen LogP contribution in [0.15, 0.2) is 91.0 Å². The summed E-state index contributed by atoms with van der Waals surface area (Å²) in [5.41, 5.74) is 4.23. The molecule has 0 unspecified atom stereocenters. The van der Waals surface area contributed by atoms with Gasteiger partial charge in [0.1, 0.15) is 0 Å². The van der Waals surface area contributed by atoms with Gasteiger partial charge < -0.3 is 5.32 Å². The standard InChI is InChI=1S/C26H24N2O2/c29-25(19-28-17-15-21(16-18-28)20-9-3-1-4-10-20)27-24-14-8-7-13-23(24)26(30)22-11-5-2-6-12-22/h1-15H,16-19H2,(H,27,29). The highest BCUT2D eigenvalue weighted by Crippen LogP contribution is 2.22. The molecule has 0 atom stereocenters. The highest BCUT2D eigenvalue weighted by Gasteiger charge is 2.18. The van der Waals surface area contributed by atoms with Crippen molar-refractivity contribution in [1.82, 2.24) is 4.90 Å². The molecule has 4 rings (SSSR count). The number of hydrogen-bond acceptors (Lipinski definition) is 3. The van der Waals surface area contributed by atoms with Crippen molar-refractivity contribution in [3.05, 3.63) is 108 Å². The number of hydrogen-bond donors (Lipinski definition) is 1. The van der Waals surface area contributed by atoms with Crippen LogP contribution in [0.4, 0.5) is 5.69 Å². The van der Waals surface area contributed by atoms with Crippen LogP contribution in [-0.4, -0.2) is 36.2 Å². The third kappa shape index (κ3) is 4.73. The number of ketones is 1. The van der Waals surface area contributed by atoms with E-state index in [4.69, 9.17) is 0 Å². The first kappa shape index (κ1) is 19.8. The SMILES string of the molecule is O=C(CN1CC=C(c2ccccc2)CC1)Nc1ccccc1C(=O)c1ccccc1. The van der Waals surface area contributed by atoms with Crippen LogP contribution in [0, 0.1) is 0 Å². The Balaban J connectivity index is 1.40. The van der Waals surface area contributed by atoms with Crippen molar-refractivity contribution < 1.29 is 9.59 Å². The Morgan fingerprint density at radius 1 is 0.833 bits per heavy atom. The van der Waals surface area contributed by atoms with Crippen molar-refractivity contribution in [3.8, 4) is 0 Å². The van der Waals surface area contributed by atoms with Crippen LogP contribution in [-0.2, 0) is 4.79 Å². The summed E-state index contributed by atoms with van der Waals surface area (Å²) in [4.78, 5) is 27.6. The molecule has 0 fully saturated rings. The molecule has 4 heteroatoms. The molecule has 1 N–H and O–H groups in total. The molecule has 0 spiro atoms. The fraction of sp³-hybridized carbons (Fsp3) is 0.154. The van der Waals surface area contributed by atoms with Gasteiger partial charge in [0.15, 0.2) is 5.78 Å². The van der Waals surface area contributed by atoms with Crippen molar-refractivity contribution in [2.45, 2.75) is 6.42 Å². The van der Waals surface area contributed by atoms with Gasteiger partial charge in [-0.05, 0) is 29.7 Å². The fourth-order valence-corrected chi connectivity index (χ4v) is 3.70. The maximum atomic E-state index is 12.8. The molecule has 1 heterocycles. The van der Waals surface area contributed by atoms with Gasteiger partial charge in [0.2, 0.25) is 5.91 Å². The van der Waals surface area contributed by atoms with E-state index < -0.39 is 0 Å². The minimum absolute atomic E-state index is 0.0973. The summed E-state index contributed by atoms with van der Waals surface area (Å²) in [6, 6.07) is 26.6. The summed E-state index contributed by atoms with van der Waals surface area (Å²) in [5, 5.41) is 2.93. The first-order valence-electron chi connectivity index (χ1n) is 10.2. The summed E-state index contributed by atoms with van der Waals surface area (Å²) in [6.07, 6.45) is 3.11. The zero-order chi connectivity index (χ0) is 20.8. The number of nitrogens with one attached hydrogen (secondary N) is 1. The van der Waals surface area contributed by atoms with E-state index in [-0.39, 0.29) is 11.7 Å². The number of para-hydroxylation sites is 1. The molecule has 1 aliphatic heterocycles. The molecular formula is C26H24N2O2. The second-order valence-electron chi connectivity index (χ2n) is 7.37. The topological polar surface area (TPSA) is 49.4 Å². The number of carbonyl (C=O) groups excluding carboxylic acids is 2. The number of amides is 1. The average Bonchev–Trinajstić information content (AvgIpc) is 2.80. The Hall–Kier alpha value is -3.50. The Labute approximate surface area is 176 Å². The van der Waals surface area contributed by atoms with Crippen molar-refractivity contribution in [2.24, 2.45) is 0 Å². The smallest absolute Gasteiger partial charge is 0.238 e. The van der Waals surface area contributed by atoms with Gasteiger partial charge in [-0.25, -0.2) is 0 Å². The zero-order valence-electron chi connectivity index (χ0n) is 16.8. The Kier molecular flexibility index (Phi) is 6.16. The summed E-state index contributed by atoms with van der Waals surface area (Å²) in [6.45, 7) is 1.87. The van der Waals surface area contributed by atoms with Gasteiger partial charge in [-0.15, -0.1) is 0 Å². The van der Waals surface area contributed by atoms with Crippen LogP contribution in [0.25, 0.3) is 5.57 Å². The van der Waals surface area contributed by atoms with Gasteiger partial charge in [0, 0.05) is 24.2 Å². The molecule has 0 saturated heterocycles. The normalized spacial score (nSPS) is 14.1. The lowest BCUT2D eigenvalue weighted by atomic mass is 9.99. The predicted octanol–water partition coefficient (Wildman–Crippen LogP) is 4.65. The second kappa shape index (κ2) is 9.33. The van der Waals surface area contributed by atoms with Crippen LogP contribution >= 0.6 is 0 Å². The van der Waals surface area contributed by atoms with E-state index in [1.807, 2.05) is 48.5 Å². The van der Waals surface area contributed by atoms with Gasteiger partial charge in [0.05, 0.1) is 12.2 Å². The maximum Gasteiger partial charge on any atom is 0.238 e. The molecule has 1 amide bonds. The van der Waals surface area contributed by atoms with E-state index in [1.165, 1.54) is 11.1 Å². The van der Waals surface area contributed by atoms with Gasteiger partial charge in [-0.3, -0.25) is 14.5 Å². The monoisotopic (exact) mass is 396 g/mol. The minimum Gasteiger partial charge on any atom is -0.324 e. The number of rotatable bonds is 6. The Morgan fingerprint density at radius 2 is 1.50 bits per heavy atom. The largest absolute Gasteiger partial charge is 0.324 e. The molecule has 0 radical (unpaired) electrons. The lowest BCUT2D eigenvalue weighted by molar-refractivity contribution is -0.117. The summed E-state index contributed by atoms with van der Waals surface area (Å²) < 4.78 is 0. The van der Waals surface area contributed by atoms with Gasteiger partial charge in [-0.2, -0.15) is 0 Å². The third-order valence-corrected chi connectivity index (χ3v) is 5.29. The molecule has 3 aromatic rings. The lowest BCUT2D eigenvalue weighted by Crippen LogP contribution is -2.36. The Bertz CT molecular complexity index is 1060. The highest BCUT2D eigenvalue weighted by atomic mass is 16.2. The minimum atomic E-state index is -0.111. The van der Waals surface area contributed by atoms with Crippen molar-refractivity contribution in [3.63, 3.8) is 0 Å². The molecule has 1 aliphatic rings. The van der Waals surface area contributed by atoms with E-state index >= 15 is 0 Å². The van der Waals surface area contributed by atoms with Gasteiger partial charge in [0.25, 0.3) is 0 Å². The Morgan fingerprint density at radius 3 is 2.20 bits per heavy atom. The molecule has 4 nitrogen and oxygen atoms in total. The first-order chi connectivity index (χ1) is 14.7. The molecular weight excluding hydrogens is 372 g/mol. The first-order valence-corrected chi connectivity index (χ1v) is 10.2. The van der Waals surface area contributed by atoms with Gasteiger partial charge in [-0.1, -0.05) is 78.9 Å². The van der Waals surface area contributed by atoms with Crippen LogP contribution in [0.2, 0.25) is 0 Å². The molecule has 30 heavy (non-hydrogen) atoms. The average molecular weight is 396 g/mol. The lowest BCUT2D eigenvalue weighted by Gasteiger charge is -2.26. The van der Waals surface area contributed by atoms with Crippen LogP contribution < -0.4 is 5.32 Å². The summed E-state index contributed by atoms with van der Waals surface area (Å²) in [7, 11) is 0. The molecule has 0 aromatic heterocycles. The number of nitrogens with zero attached hydrogens (tertiary/aromatic N) is 1. The molecule has 0 aliphatic carbocycles. The van der Waals surface area contributed by atoms with Crippen molar-refractivity contribution in [2.75, 3.05) is 25.0 Å². The third-order valence-electron chi connectivity index (χ3n) is 5.29. The van der Waals surface area contributed by atoms with E-state index in [1.54, 1.807) is 24.3 Å². The molecule has 150 valence electrons. The predicted molar refractivity (Wildman–Crippen MR) is 120 cm³/mol. The van der Waals surface area contributed by atoms with E-state index in [2.05, 4.69) is 28.4 Å². The number of anilines is 1. The van der Waals surface area contributed by atoms with Crippen LogP contribution in [0.5, 0.6) is 0 Å². The fourth-order valence-electron chi connectivity index (χ4n) is 3.70. The van der Waals surface area contributed by atoms with Gasteiger partial charge >= 0.3 is 0 Å². The highest BCUT2D eigenvalue weighted by molar-refractivity contribution is 6.13. The molecule has 0 saturated carbocycles. The van der Waals surface area contributed by atoms with E-state index in [0.29, 0.717) is 23.4 Å². The number of benzene rings is 3. The van der Waals surface area contributed by atoms with Crippen LogP contribution in [0.1, 0.15) is 27.9 Å². The van der Waals surface area contributed by atoms with Crippen LogP contribution in [0.3, 0.4) is 0 Å². The quantitative estimate of drug-likeness (QED) is 0.617.